The average Bonchev–Trinajstić information content (AvgIpc) is 2.90. The van der Waals surface area contributed by atoms with E-state index >= 15 is 0 Å². The predicted octanol–water partition coefficient (Wildman–Crippen LogP) is 3.46. The molecular formula is C16H31IN4S. The lowest BCUT2D eigenvalue weighted by atomic mass is 10.3. The summed E-state index contributed by atoms with van der Waals surface area (Å²) in [5, 5.41) is 8.86. The van der Waals surface area contributed by atoms with Gasteiger partial charge in [0.25, 0.3) is 0 Å². The molecule has 4 nitrogen and oxygen atoms in total. The molecule has 0 bridgehead atoms. The Morgan fingerprint density at radius 2 is 1.95 bits per heavy atom. The van der Waals surface area contributed by atoms with Gasteiger partial charge in [0.1, 0.15) is 0 Å². The number of nitrogens with one attached hydrogen (secondary N) is 2. The summed E-state index contributed by atoms with van der Waals surface area (Å²) in [6, 6.07) is 2.15. The van der Waals surface area contributed by atoms with Gasteiger partial charge in [0.15, 0.2) is 5.96 Å². The second-order valence-corrected chi connectivity index (χ2v) is 6.03. The van der Waals surface area contributed by atoms with Gasteiger partial charge in [0, 0.05) is 18.0 Å². The standard InChI is InChI=1S/C16H30N4S.HI/c1-5-17-16(18-10-8-11-20(6-2)7-3)19-13-15-14(4)9-12-21-15;/h9,12H,5-8,10-11,13H2,1-4H3,(H2,17,18,19);1H. The van der Waals surface area contributed by atoms with Gasteiger partial charge in [-0.1, -0.05) is 13.8 Å². The van der Waals surface area contributed by atoms with Crippen LogP contribution >= 0.6 is 35.3 Å². The molecule has 0 aromatic carbocycles. The van der Waals surface area contributed by atoms with Crippen LogP contribution in [0.4, 0.5) is 0 Å². The molecule has 2 N–H and O–H groups in total. The molecule has 0 radical (unpaired) electrons. The third kappa shape index (κ3) is 8.33. The zero-order chi connectivity index (χ0) is 15.5. The Labute approximate surface area is 156 Å². The molecule has 0 amide bonds. The Kier molecular flexibility index (Phi) is 12.9. The monoisotopic (exact) mass is 438 g/mol. The Balaban J connectivity index is 0.00000441. The summed E-state index contributed by atoms with van der Waals surface area (Å²) in [5.41, 5.74) is 1.33. The van der Waals surface area contributed by atoms with Crippen LogP contribution in [0.2, 0.25) is 0 Å². The first-order valence-corrected chi connectivity index (χ1v) is 8.86. The molecule has 0 fully saturated rings. The van der Waals surface area contributed by atoms with E-state index in [0.29, 0.717) is 0 Å². The molecule has 0 spiro atoms. The zero-order valence-corrected chi connectivity index (χ0v) is 17.5. The van der Waals surface area contributed by atoms with Crippen LogP contribution in [0.15, 0.2) is 16.4 Å². The quantitative estimate of drug-likeness (QED) is 0.269. The topological polar surface area (TPSA) is 39.7 Å². The molecule has 6 heteroatoms. The molecule has 0 aliphatic heterocycles. The van der Waals surface area contributed by atoms with Gasteiger partial charge in [-0.25, -0.2) is 4.99 Å². The number of nitrogens with zero attached hydrogens (tertiary/aromatic N) is 2. The third-order valence-electron chi connectivity index (χ3n) is 3.53. The van der Waals surface area contributed by atoms with Crippen LogP contribution in [0.25, 0.3) is 0 Å². The highest BCUT2D eigenvalue weighted by Crippen LogP contribution is 2.16. The van der Waals surface area contributed by atoms with Crippen LogP contribution < -0.4 is 10.6 Å². The second kappa shape index (κ2) is 13.1. The van der Waals surface area contributed by atoms with Crippen molar-refractivity contribution in [2.24, 2.45) is 4.99 Å². The van der Waals surface area contributed by atoms with E-state index in [-0.39, 0.29) is 24.0 Å². The summed E-state index contributed by atoms with van der Waals surface area (Å²) in [6.45, 7) is 14.7. The summed E-state index contributed by atoms with van der Waals surface area (Å²) in [5.74, 6) is 0.921. The number of thiophene rings is 1. The van der Waals surface area contributed by atoms with Gasteiger partial charge in [-0.15, -0.1) is 35.3 Å². The van der Waals surface area contributed by atoms with Gasteiger partial charge >= 0.3 is 0 Å². The molecule has 0 aliphatic carbocycles. The fraction of sp³-hybridized carbons (Fsp3) is 0.688. The molecule has 0 saturated carbocycles. The van der Waals surface area contributed by atoms with Gasteiger partial charge in [0.05, 0.1) is 6.54 Å². The highest BCUT2D eigenvalue weighted by Gasteiger charge is 2.02. The molecule has 1 aromatic rings. The fourth-order valence-electron chi connectivity index (χ4n) is 2.11. The van der Waals surface area contributed by atoms with E-state index in [0.717, 1.165) is 51.6 Å². The minimum absolute atomic E-state index is 0. The van der Waals surface area contributed by atoms with Crippen molar-refractivity contribution in [1.29, 1.82) is 0 Å². The molecule has 1 heterocycles. The Bertz CT molecular complexity index is 416. The van der Waals surface area contributed by atoms with Gasteiger partial charge < -0.3 is 15.5 Å². The maximum Gasteiger partial charge on any atom is 0.191 e. The molecule has 0 aliphatic rings. The summed E-state index contributed by atoms with van der Waals surface area (Å²) >= 11 is 1.78. The minimum atomic E-state index is 0. The number of hydrogen-bond acceptors (Lipinski definition) is 3. The van der Waals surface area contributed by atoms with Crippen molar-refractivity contribution in [2.75, 3.05) is 32.7 Å². The van der Waals surface area contributed by atoms with Gasteiger partial charge in [-0.3, -0.25) is 0 Å². The van der Waals surface area contributed by atoms with Gasteiger partial charge in [-0.05, 0) is 56.9 Å². The van der Waals surface area contributed by atoms with Crippen molar-refractivity contribution in [3.8, 4) is 0 Å². The second-order valence-electron chi connectivity index (χ2n) is 5.03. The van der Waals surface area contributed by atoms with Crippen LogP contribution in [0.1, 0.15) is 37.6 Å². The molecule has 0 atom stereocenters. The van der Waals surface area contributed by atoms with Crippen LogP contribution in [0.3, 0.4) is 0 Å². The number of rotatable bonds is 9. The number of halogens is 1. The first-order valence-electron chi connectivity index (χ1n) is 7.98. The lowest BCUT2D eigenvalue weighted by Crippen LogP contribution is -2.38. The normalized spacial score (nSPS) is 11.4. The summed E-state index contributed by atoms with van der Waals surface area (Å²) in [6.07, 6.45) is 1.14. The summed E-state index contributed by atoms with van der Waals surface area (Å²) < 4.78 is 0. The number of aliphatic imine (C=N–C) groups is 1. The lowest BCUT2D eigenvalue weighted by Gasteiger charge is -2.18. The van der Waals surface area contributed by atoms with Crippen molar-refractivity contribution >= 4 is 41.3 Å². The van der Waals surface area contributed by atoms with Gasteiger partial charge in [0.2, 0.25) is 0 Å². The SMILES string of the molecule is CCNC(=NCc1sccc1C)NCCCN(CC)CC.I. The van der Waals surface area contributed by atoms with E-state index in [1.54, 1.807) is 11.3 Å². The molecule has 22 heavy (non-hydrogen) atoms. The number of hydrogen-bond donors (Lipinski definition) is 2. The van der Waals surface area contributed by atoms with Crippen molar-refractivity contribution < 1.29 is 0 Å². The van der Waals surface area contributed by atoms with E-state index < -0.39 is 0 Å². The predicted molar refractivity (Wildman–Crippen MR) is 110 cm³/mol. The number of guanidine groups is 1. The van der Waals surface area contributed by atoms with Crippen LogP contribution in [-0.2, 0) is 6.54 Å². The van der Waals surface area contributed by atoms with E-state index in [1.807, 2.05) is 0 Å². The fourth-order valence-corrected chi connectivity index (χ4v) is 2.94. The molecule has 128 valence electrons. The first-order chi connectivity index (χ1) is 10.2. The maximum absolute atomic E-state index is 4.66. The molecule has 0 saturated heterocycles. The van der Waals surface area contributed by atoms with E-state index in [2.05, 4.69) is 59.7 Å². The van der Waals surface area contributed by atoms with E-state index in [1.165, 1.54) is 10.4 Å². The summed E-state index contributed by atoms with van der Waals surface area (Å²) in [7, 11) is 0. The first kappa shape index (κ1) is 21.7. The van der Waals surface area contributed by atoms with E-state index in [4.69, 9.17) is 0 Å². The Morgan fingerprint density at radius 1 is 1.23 bits per heavy atom. The van der Waals surface area contributed by atoms with Crippen molar-refractivity contribution in [3.05, 3.63) is 21.9 Å². The highest BCUT2D eigenvalue weighted by atomic mass is 127. The van der Waals surface area contributed by atoms with E-state index in [9.17, 15) is 0 Å². The Hall–Kier alpha value is -0.340. The molecule has 1 aromatic heterocycles. The van der Waals surface area contributed by atoms with Gasteiger partial charge in [-0.2, -0.15) is 0 Å². The van der Waals surface area contributed by atoms with Crippen LogP contribution in [0.5, 0.6) is 0 Å². The van der Waals surface area contributed by atoms with Crippen LogP contribution in [-0.4, -0.2) is 43.6 Å². The smallest absolute Gasteiger partial charge is 0.191 e. The van der Waals surface area contributed by atoms with Crippen molar-refractivity contribution in [3.63, 3.8) is 0 Å². The number of aryl methyl sites for hydroxylation is 1. The molecular weight excluding hydrogens is 407 g/mol. The zero-order valence-electron chi connectivity index (χ0n) is 14.3. The molecule has 0 unspecified atom stereocenters. The largest absolute Gasteiger partial charge is 0.357 e. The maximum atomic E-state index is 4.66. The van der Waals surface area contributed by atoms with Crippen molar-refractivity contribution in [1.82, 2.24) is 15.5 Å². The minimum Gasteiger partial charge on any atom is -0.357 e. The van der Waals surface area contributed by atoms with Crippen molar-refractivity contribution in [2.45, 2.75) is 40.7 Å². The molecule has 1 rings (SSSR count). The highest BCUT2D eigenvalue weighted by molar-refractivity contribution is 14.0. The average molecular weight is 438 g/mol. The van der Waals surface area contributed by atoms with Crippen LogP contribution in [0, 0.1) is 6.92 Å². The third-order valence-corrected chi connectivity index (χ3v) is 4.54. The summed E-state index contributed by atoms with van der Waals surface area (Å²) in [4.78, 5) is 8.45. The Morgan fingerprint density at radius 3 is 2.50 bits per heavy atom. The lowest BCUT2D eigenvalue weighted by molar-refractivity contribution is 0.300.